The maximum absolute atomic E-state index is 13.4. The van der Waals surface area contributed by atoms with Crippen molar-refractivity contribution in [2.24, 2.45) is 0 Å². The van der Waals surface area contributed by atoms with E-state index in [1.54, 1.807) is 6.08 Å². The fourth-order valence-electron chi connectivity index (χ4n) is 11.3. The highest BCUT2D eigenvalue weighted by atomic mass is 16.8. The van der Waals surface area contributed by atoms with Gasteiger partial charge in [0.25, 0.3) is 5.79 Å². The molecule has 0 aliphatic carbocycles. The summed E-state index contributed by atoms with van der Waals surface area (Å²) in [7, 11) is 0. The maximum atomic E-state index is 13.4. The fraction of sp³-hybridized carbons (Fsp3) is 0.918. The smallest absolute Gasteiger partial charge is 0.364 e. The monoisotopic (exact) mass is 1210 g/mol. The van der Waals surface area contributed by atoms with Crippen LogP contribution in [0.15, 0.2) is 12.2 Å². The minimum absolute atomic E-state index is 0.204. The SMILES string of the molecule is CCCCCCCCCCCCCCCCC/C=C/C(O)C(COC1OC(CO)C(OC2OC(CO)C(O)C(OC3(C(=O)O)CC(O)C(NC(C)=O)C(C(O)C(O)CO)O3)C2O)C(O)C1O)NC(=O)CCCCCCCCCCCCCCC. The summed E-state index contributed by atoms with van der Waals surface area (Å²) in [6.07, 6.45) is 8.39. The number of aliphatic hydroxyl groups excluding tert-OH is 11. The minimum Gasteiger partial charge on any atom is -0.477 e. The Hall–Kier alpha value is -2.53. The van der Waals surface area contributed by atoms with Crippen molar-refractivity contribution in [1.82, 2.24) is 10.6 Å². The molecule has 84 heavy (non-hydrogen) atoms. The average Bonchev–Trinajstić information content (AvgIpc) is 1.21. The van der Waals surface area contributed by atoms with Gasteiger partial charge in [-0.15, -0.1) is 0 Å². The molecule has 0 bridgehead atoms. The zero-order chi connectivity index (χ0) is 61.9. The molecule has 3 saturated heterocycles. The number of carboxylic acid groups (broad SMARTS) is 1. The fourth-order valence-corrected chi connectivity index (χ4v) is 11.3. The van der Waals surface area contributed by atoms with E-state index in [4.69, 9.17) is 28.4 Å². The van der Waals surface area contributed by atoms with E-state index in [0.717, 1.165) is 51.9 Å². The highest BCUT2D eigenvalue weighted by Crippen LogP contribution is 2.38. The summed E-state index contributed by atoms with van der Waals surface area (Å²) >= 11 is 0. The second kappa shape index (κ2) is 43.2. The molecular weight excluding hydrogens is 1100 g/mol. The Morgan fingerprint density at radius 1 is 0.619 bits per heavy atom. The van der Waals surface area contributed by atoms with Gasteiger partial charge >= 0.3 is 5.97 Å². The van der Waals surface area contributed by atoms with Crippen LogP contribution < -0.4 is 10.6 Å². The highest BCUT2D eigenvalue weighted by Gasteiger charge is 2.60. The van der Waals surface area contributed by atoms with E-state index in [0.29, 0.717) is 12.8 Å². The summed E-state index contributed by atoms with van der Waals surface area (Å²) in [4.78, 5) is 38.4. The van der Waals surface area contributed by atoms with E-state index in [1.807, 2.05) is 6.08 Å². The molecule has 492 valence electrons. The molecule has 3 aliphatic rings. The molecule has 14 N–H and O–H groups in total. The number of aliphatic hydroxyl groups is 11. The summed E-state index contributed by atoms with van der Waals surface area (Å²) in [5.41, 5.74) is 0. The Morgan fingerprint density at radius 2 is 1.11 bits per heavy atom. The first-order valence-electron chi connectivity index (χ1n) is 32.1. The Kier molecular flexibility index (Phi) is 38.9. The highest BCUT2D eigenvalue weighted by molar-refractivity contribution is 5.77. The molecule has 0 aromatic carbocycles. The van der Waals surface area contributed by atoms with Crippen LogP contribution in [0.5, 0.6) is 0 Å². The number of carboxylic acids is 1. The molecule has 23 heteroatoms. The molecule has 3 heterocycles. The Bertz CT molecular complexity index is 1770. The van der Waals surface area contributed by atoms with Gasteiger partial charge in [-0.25, -0.2) is 4.79 Å². The minimum atomic E-state index is -3.08. The van der Waals surface area contributed by atoms with Crippen molar-refractivity contribution in [3.8, 4) is 0 Å². The van der Waals surface area contributed by atoms with Gasteiger partial charge in [-0.2, -0.15) is 0 Å². The van der Waals surface area contributed by atoms with Crippen LogP contribution in [0.3, 0.4) is 0 Å². The van der Waals surface area contributed by atoms with E-state index in [2.05, 4.69) is 24.5 Å². The van der Waals surface area contributed by atoms with Crippen LogP contribution in [0.2, 0.25) is 0 Å². The Balaban J connectivity index is 1.65. The van der Waals surface area contributed by atoms with Gasteiger partial charge in [-0.05, 0) is 19.3 Å². The average molecular weight is 1210 g/mol. The number of hydrogen-bond acceptors (Lipinski definition) is 20. The van der Waals surface area contributed by atoms with E-state index in [1.165, 1.54) is 128 Å². The number of amides is 2. The normalized spacial score (nSPS) is 29.8. The van der Waals surface area contributed by atoms with Gasteiger partial charge in [0.15, 0.2) is 12.6 Å². The van der Waals surface area contributed by atoms with Crippen LogP contribution in [0.4, 0.5) is 0 Å². The molecule has 0 radical (unpaired) electrons. The van der Waals surface area contributed by atoms with Crippen molar-refractivity contribution in [3.63, 3.8) is 0 Å². The van der Waals surface area contributed by atoms with Crippen LogP contribution in [-0.4, -0.2) is 215 Å². The van der Waals surface area contributed by atoms with Gasteiger partial charge in [0.05, 0.1) is 50.7 Å². The topological polar surface area (TPSA) is 373 Å². The first kappa shape index (κ1) is 75.7. The Morgan fingerprint density at radius 3 is 1.58 bits per heavy atom. The number of hydrogen-bond donors (Lipinski definition) is 14. The van der Waals surface area contributed by atoms with E-state index in [-0.39, 0.29) is 12.3 Å². The predicted octanol–water partition coefficient (Wildman–Crippen LogP) is 3.95. The molecule has 0 aromatic rings. The van der Waals surface area contributed by atoms with Crippen LogP contribution >= 0.6 is 0 Å². The number of ether oxygens (including phenoxy) is 6. The molecule has 23 nitrogen and oxygen atoms in total. The second-order valence-electron chi connectivity index (χ2n) is 23.6. The molecule has 0 saturated carbocycles. The third-order valence-electron chi connectivity index (χ3n) is 16.5. The van der Waals surface area contributed by atoms with Gasteiger partial charge in [0.2, 0.25) is 11.8 Å². The zero-order valence-corrected chi connectivity index (χ0v) is 50.8. The molecule has 18 unspecified atom stereocenters. The molecule has 0 aromatic heterocycles. The van der Waals surface area contributed by atoms with Gasteiger partial charge in [-0.3, -0.25) is 9.59 Å². The predicted molar refractivity (Wildman–Crippen MR) is 311 cm³/mol. The zero-order valence-electron chi connectivity index (χ0n) is 50.8. The van der Waals surface area contributed by atoms with E-state index >= 15 is 0 Å². The lowest BCUT2D eigenvalue weighted by Gasteiger charge is -2.50. The first-order valence-corrected chi connectivity index (χ1v) is 32.1. The van der Waals surface area contributed by atoms with Crippen molar-refractivity contribution >= 4 is 17.8 Å². The van der Waals surface area contributed by atoms with Gasteiger partial charge in [0, 0.05) is 19.8 Å². The lowest BCUT2D eigenvalue weighted by atomic mass is 9.88. The standard InChI is InChI=1S/C61H112N2O21/c1-4-6-8-10-12-14-16-18-19-20-21-23-24-26-28-30-32-34-43(68)42(63-48(71)35-33-31-29-27-25-22-17-15-13-11-9-7-5-2)40-79-58-53(75)52(74)55(47(39-66)81-58)82-59-54(76)57(51(73)46(38-65)80-59)84-61(60(77)78)36-44(69)49(62-41(3)67)56(83-61)50(72)45(70)37-64/h32,34,42-47,49-59,64-66,68-70,72-76H,4-31,33,35-40H2,1-3H3,(H,62,67)(H,63,71)(H,77,78)/b34-32+. The molecule has 0 spiro atoms. The number of carbonyl (C=O) groups is 3. The van der Waals surface area contributed by atoms with Crippen LogP contribution in [0.1, 0.15) is 220 Å². The third-order valence-corrected chi connectivity index (χ3v) is 16.5. The third kappa shape index (κ3) is 26.7. The van der Waals surface area contributed by atoms with Crippen molar-refractivity contribution in [3.05, 3.63) is 12.2 Å². The van der Waals surface area contributed by atoms with Gasteiger partial charge < -0.3 is 100 Å². The Labute approximate surface area is 499 Å². The number of carbonyl (C=O) groups excluding carboxylic acids is 2. The molecular formula is C61H112N2O21. The number of rotatable bonds is 47. The van der Waals surface area contributed by atoms with Crippen LogP contribution in [0.25, 0.3) is 0 Å². The summed E-state index contributed by atoms with van der Waals surface area (Å²) in [5, 5.41) is 136. The lowest BCUT2D eigenvalue weighted by molar-refractivity contribution is -0.386. The molecule has 3 aliphatic heterocycles. The summed E-state index contributed by atoms with van der Waals surface area (Å²) in [6.45, 7) is 2.12. The molecule has 2 amide bonds. The summed E-state index contributed by atoms with van der Waals surface area (Å²) in [5.74, 6) is -6.14. The maximum Gasteiger partial charge on any atom is 0.364 e. The summed E-state index contributed by atoms with van der Waals surface area (Å²) < 4.78 is 34.7. The quantitative estimate of drug-likeness (QED) is 0.0303. The molecule has 3 rings (SSSR count). The summed E-state index contributed by atoms with van der Waals surface area (Å²) in [6, 6.07) is -2.61. The molecule has 3 fully saturated rings. The second-order valence-corrected chi connectivity index (χ2v) is 23.6. The van der Waals surface area contributed by atoms with Crippen molar-refractivity contribution in [2.75, 3.05) is 26.4 Å². The number of aliphatic carboxylic acids is 1. The number of allylic oxidation sites excluding steroid dienone is 1. The number of unbranched alkanes of at least 4 members (excludes halogenated alkanes) is 27. The van der Waals surface area contributed by atoms with Crippen molar-refractivity contribution in [1.29, 1.82) is 0 Å². The van der Waals surface area contributed by atoms with Crippen LogP contribution in [-0.2, 0) is 42.8 Å². The lowest BCUT2D eigenvalue weighted by Crippen LogP contribution is -2.70. The van der Waals surface area contributed by atoms with Crippen molar-refractivity contribution in [2.45, 2.75) is 330 Å². The van der Waals surface area contributed by atoms with E-state index < -0.39 is 155 Å². The van der Waals surface area contributed by atoms with Crippen LogP contribution in [0, 0.1) is 0 Å². The van der Waals surface area contributed by atoms with Crippen molar-refractivity contribution < 1.29 is 104 Å². The first-order chi connectivity index (χ1) is 40.4. The number of nitrogens with one attached hydrogen (secondary N) is 2. The van der Waals surface area contributed by atoms with E-state index in [9.17, 15) is 75.7 Å². The van der Waals surface area contributed by atoms with Gasteiger partial charge in [-0.1, -0.05) is 193 Å². The molecule has 18 atom stereocenters. The van der Waals surface area contributed by atoms with Gasteiger partial charge in [0.1, 0.15) is 67.1 Å². The largest absolute Gasteiger partial charge is 0.477 e.